The zero-order valence-electron chi connectivity index (χ0n) is 11.9. The first-order chi connectivity index (χ1) is 9.70. The summed E-state index contributed by atoms with van der Waals surface area (Å²) in [5, 5.41) is 15.1. The van der Waals surface area contributed by atoms with E-state index in [2.05, 4.69) is 15.6 Å². The largest absolute Gasteiger partial charge is 0.396 e. The maximum absolute atomic E-state index is 11.9. The molecule has 2 amide bonds. The monoisotopic (exact) mass is 277 g/mol. The van der Waals surface area contributed by atoms with Gasteiger partial charge in [-0.15, -0.1) is 0 Å². The van der Waals surface area contributed by atoms with Gasteiger partial charge in [0.2, 0.25) is 0 Å². The van der Waals surface area contributed by atoms with Gasteiger partial charge in [-0.05, 0) is 31.4 Å². The molecule has 0 saturated heterocycles. The second-order valence-electron chi connectivity index (χ2n) is 5.43. The van der Waals surface area contributed by atoms with E-state index in [1.165, 1.54) is 0 Å². The van der Waals surface area contributed by atoms with E-state index >= 15 is 0 Å². The van der Waals surface area contributed by atoms with Gasteiger partial charge < -0.3 is 15.7 Å². The van der Waals surface area contributed by atoms with Gasteiger partial charge in [-0.25, -0.2) is 4.79 Å². The summed E-state index contributed by atoms with van der Waals surface area (Å²) in [4.78, 5) is 16.2. The number of carbonyl (C=O) groups is 1. The van der Waals surface area contributed by atoms with Crippen molar-refractivity contribution in [3.05, 3.63) is 29.6 Å². The minimum Gasteiger partial charge on any atom is -0.396 e. The minimum absolute atomic E-state index is 0.0820. The molecule has 2 rings (SSSR count). The van der Waals surface area contributed by atoms with Crippen LogP contribution in [0, 0.1) is 12.8 Å². The van der Waals surface area contributed by atoms with Crippen LogP contribution in [-0.2, 0) is 6.54 Å². The summed E-state index contributed by atoms with van der Waals surface area (Å²) in [6.45, 7) is 2.55. The molecule has 2 unspecified atom stereocenters. The van der Waals surface area contributed by atoms with Crippen LogP contribution in [0.5, 0.6) is 0 Å². The molecular formula is C15H23N3O2. The Kier molecular flexibility index (Phi) is 5.35. The Morgan fingerprint density at radius 2 is 2.25 bits per heavy atom. The fraction of sp³-hybridized carbons (Fsp3) is 0.600. The van der Waals surface area contributed by atoms with Crippen LogP contribution < -0.4 is 10.6 Å². The third kappa shape index (κ3) is 3.93. The van der Waals surface area contributed by atoms with Crippen LogP contribution in [0.15, 0.2) is 18.3 Å². The number of aliphatic hydroxyl groups excluding tert-OH is 1. The molecule has 0 bridgehead atoms. The topological polar surface area (TPSA) is 74.2 Å². The quantitative estimate of drug-likeness (QED) is 0.785. The fourth-order valence-electron chi connectivity index (χ4n) is 2.70. The van der Waals surface area contributed by atoms with Crippen LogP contribution >= 0.6 is 0 Å². The number of hydrogen-bond acceptors (Lipinski definition) is 3. The highest BCUT2D eigenvalue weighted by molar-refractivity contribution is 5.74. The van der Waals surface area contributed by atoms with Crippen molar-refractivity contribution in [2.24, 2.45) is 5.92 Å². The summed E-state index contributed by atoms with van der Waals surface area (Å²) in [7, 11) is 0. The molecule has 1 heterocycles. The Hall–Kier alpha value is -1.62. The van der Waals surface area contributed by atoms with E-state index < -0.39 is 0 Å². The average Bonchev–Trinajstić information content (AvgIpc) is 2.47. The van der Waals surface area contributed by atoms with Gasteiger partial charge in [0.15, 0.2) is 0 Å². The van der Waals surface area contributed by atoms with E-state index in [9.17, 15) is 9.90 Å². The van der Waals surface area contributed by atoms with Gasteiger partial charge in [-0.3, -0.25) is 4.98 Å². The second-order valence-corrected chi connectivity index (χ2v) is 5.43. The van der Waals surface area contributed by atoms with Gasteiger partial charge in [0.25, 0.3) is 0 Å². The van der Waals surface area contributed by atoms with Gasteiger partial charge in [-0.2, -0.15) is 0 Å². The van der Waals surface area contributed by atoms with Crippen molar-refractivity contribution >= 4 is 6.03 Å². The molecule has 1 aromatic rings. The lowest BCUT2D eigenvalue weighted by Gasteiger charge is -2.30. The number of aliphatic hydroxyl groups is 1. The molecule has 0 radical (unpaired) electrons. The van der Waals surface area contributed by atoms with E-state index in [1.54, 1.807) is 6.20 Å². The zero-order valence-corrected chi connectivity index (χ0v) is 11.9. The van der Waals surface area contributed by atoms with Crippen molar-refractivity contribution in [3.8, 4) is 0 Å². The fourth-order valence-corrected chi connectivity index (χ4v) is 2.70. The molecule has 3 N–H and O–H groups in total. The van der Waals surface area contributed by atoms with Crippen LogP contribution in [0.3, 0.4) is 0 Å². The third-order valence-corrected chi connectivity index (χ3v) is 3.99. The highest BCUT2D eigenvalue weighted by Gasteiger charge is 2.25. The molecule has 20 heavy (non-hydrogen) atoms. The maximum atomic E-state index is 11.9. The normalized spacial score (nSPS) is 22.3. The van der Waals surface area contributed by atoms with E-state index in [-0.39, 0.29) is 24.6 Å². The smallest absolute Gasteiger partial charge is 0.315 e. The number of hydrogen-bond donors (Lipinski definition) is 3. The minimum atomic E-state index is -0.180. The van der Waals surface area contributed by atoms with Crippen LogP contribution in [-0.4, -0.2) is 28.8 Å². The number of nitrogens with zero attached hydrogens (tertiary/aromatic N) is 1. The lowest BCUT2D eigenvalue weighted by molar-refractivity contribution is 0.153. The molecule has 1 aliphatic rings. The van der Waals surface area contributed by atoms with Gasteiger partial charge in [0, 0.05) is 24.8 Å². The summed E-state index contributed by atoms with van der Waals surface area (Å²) in [5.74, 6) is 0.186. The Morgan fingerprint density at radius 1 is 1.45 bits per heavy atom. The molecule has 5 nitrogen and oxygen atoms in total. The summed E-state index contributed by atoms with van der Waals surface area (Å²) < 4.78 is 0. The summed E-state index contributed by atoms with van der Waals surface area (Å²) >= 11 is 0. The van der Waals surface area contributed by atoms with Crippen molar-refractivity contribution in [3.63, 3.8) is 0 Å². The number of rotatable bonds is 4. The predicted octanol–water partition coefficient (Wildman–Crippen LogP) is 1.74. The van der Waals surface area contributed by atoms with Crippen LogP contribution in [0.1, 0.15) is 36.9 Å². The Bertz CT molecular complexity index is 450. The van der Waals surface area contributed by atoms with Gasteiger partial charge in [0.05, 0.1) is 12.2 Å². The number of urea groups is 1. The molecule has 1 aliphatic carbocycles. The maximum Gasteiger partial charge on any atom is 0.315 e. The molecule has 0 aromatic carbocycles. The first-order valence-corrected chi connectivity index (χ1v) is 7.26. The number of carbonyl (C=O) groups excluding carboxylic acids is 1. The number of amides is 2. The molecule has 1 aromatic heterocycles. The van der Waals surface area contributed by atoms with E-state index in [1.807, 2.05) is 19.1 Å². The van der Waals surface area contributed by atoms with Crippen molar-refractivity contribution < 1.29 is 9.90 Å². The van der Waals surface area contributed by atoms with Crippen LogP contribution in [0.4, 0.5) is 4.79 Å². The molecule has 1 saturated carbocycles. The molecule has 110 valence electrons. The van der Waals surface area contributed by atoms with Crippen LogP contribution in [0.2, 0.25) is 0 Å². The second kappa shape index (κ2) is 7.24. The molecule has 1 fully saturated rings. The number of aryl methyl sites for hydroxylation is 1. The lowest BCUT2D eigenvalue weighted by Crippen LogP contribution is -2.47. The standard InChI is InChI=1S/C15H23N3O2/c1-11-5-4-8-16-14(11)9-17-15(20)18-13-7-3-2-6-12(13)10-19/h4-5,8,12-13,19H,2-3,6-7,9-10H2,1H3,(H2,17,18,20). The van der Waals surface area contributed by atoms with E-state index in [0.717, 1.165) is 36.9 Å². The summed E-state index contributed by atoms with van der Waals surface area (Å²) in [6.07, 6.45) is 5.91. The van der Waals surface area contributed by atoms with Gasteiger partial charge in [0.1, 0.15) is 0 Å². The number of aromatic nitrogens is 1. The van der Waals surface area contributed by atoms with Crippen molar-refractivity contribution in [2.45, 2.75) is 45.2 Å². The Morgan fingerprint density at radius 3 is 3.00 bits per heavy atom. The highest BCUT2D eigenvalue weighted by Crippen LogP contribution is 2.23. The highest BCUT2D eigenvalue weighted by atomic mass is 16.3. The number of nitrogens with one attached hydrogen (secondary N) is 2. The number of pyridine rings is 1. The van der Waals surface area contributed by atoms with Crippen molar-refractivity contribution in [2.75, 3.05) is 6.61 Å². The van der Waals surface area contributed by atoms with E-state index in [4.69, 9.17) is 0 Å². The van der Waals surface area contributed by atoms with Crippen molar-refractivity contribution in [1.82, 2.24) is 15.6 Å². The Balaban J connectivity index is 1.82. The molecule has 2 atom stereocenters. The first-order valence-electron chi connectivity index (χ1n) is 7.26. The molecular weight excluding hydrogens is 254 g/mol. The van der Waals surface area contributed by atoms with Crippen molar-refractivity contribution in [1.29, 1.82) is 0 Å². The van der Waals surface area contributed by atoms with Gasteiger partial charge in [-0.1, -0.05) is 18.9 Å². The first kappa shape index (κ1) is 14.8. The molecule has 0 aliphatic heterocycles. The molecule has 5 heteroatoms. The molecule has 0 spiro atoms. The van der Waals surface area contributed by atoms with Gasteiger partial charge >= 0.3 is 6.03 Å². The predicted molar refractivity (Wildman–Crippen MR) is 77.2 cm³/mol. The zero-order chi connectivity index (χ0) is 14.4. The Labute approximate surface area is 119 Å². The summed E-state index contributed by atoms with van der Waals surface area (Å²) in [5.41, 5.74) is 1.95. The van der Waals surface area contributed by atoms with Crippen LogP contribution in [0.25, 0.3) is 0 Å². The summed E-state index contributed by atoms with van der Waals surface area (Å²) in [6, 6.07) is 3.76. The average molecular weight is 277 g/mol. The van der Waals surface area contributed by atoms with E-state index in [0.29, 0.717) is 6.54 Å². The third-order valence-electron chi connectivity index (χ3n) is 3.99. The SMILES string of the molecule is Cc1cccnc1CNC(=O)NC1CCCCC1CO. The lowest BCUT2D eigenvalue weighted by atomic mass is 9.85.